The molecule has 0 aromatic heterocycles. The molecule has 0 N–H and O–H groups in total. The molecule has 0 bridgehead atoms. The smallest absolute Gasteiger partial charge is 0.256 e. The monoisotopic (exact) mass is 351 g/mol. The number of benzene rings is 2. The first-order valence-corrected chi connectivity index (χ1v) is 9.63. The van der Waals surface area contributed by atoms with Crippen LogP contribution in [0.15, 0.2) is 59.5 Å². The normalized spacial score (nSPS) is 25.6. The van der Waals surface area contributed by atoms with Crippen LogP contribution in [0.1, 0.15) is 24.2 Å². The third-order valence-electron chi connectivity index (χ3n) is 3.79. The fourth-order valence-corrected chi connectivity index (χ4v) is 5.70. The van der Waals surface area contributed by atoms with Crippen molar-refractivity contribution in [2.45, 2.75) is 30.9 Å². The van der Waals surface area contributed by atoms with Crippen molar-refractivity contribution >= 4 is 21.3 Å². The molecule has 1 aliphatic rings. The van der Waals surface area contributed by atoms with Crippen molar-refractivity contribution in [2.24, 2.45) is 0 Å². The summed E-state index contributed by atoms with van der Waals surface area (Å²) in [6.45, 7) is 3.58. The quantitative estimate of drug-likeness (QED) is 0.853. The zero-order valence-corrected chi connectivity index (χ0v) is 14.4. The molecule has 7 heteroatoms. The van der Waals surface area contributed by atoms with Crippen LogP contribution in [-0.2, 0) is 25.5 Å². The fraction of sp³-hybridized carbons (Fsp3) is 0.250. The Morgan fingerprint density at radius 2 is 1.65 bits per heavy atom. The minimum Gasteiger partial charge on any atom is -0.267 e. The van der Waals surface area contributed by atoms with Gasteiger partial charge in [0.25, 0.3) is 21.3 Å². The van der Waals surface area contributed by atoms with Gasteiger partial charge in [-0.15, -0.1) is 0 Å². The first-order chi connectivity index (χ1) is 10.9. The van der Waals surface area contributed by atoms with E-state index in [1.165, 1.54) is 12.1 Å². The number of aryl methyl sites for hydroxylation is 1. The Kier molecular flexibility index (Phi) is 4.37. The number of sulfonamides is 1. The summed E-state index contributed by atoms with van der Waals surface area (Å²) in [5.41, 5.74) is 1.76. The summed E-state index contributed by atoms with van der Waals surface area (Å²) in [5.74, 6) is 0. The van der Waals surface area contributed by atoms with Crippen molar-refractivity contribution in [2.75, 3.05) is 0 Å². The van der Waals surface area contributed by atoms with Gasteiger partial charge in [0.1, 0.15) is 6.10 Å². The Balaban J connectivity index is 1.96. The molecule has 3 rings (SSSR count). The summed E-state index contributed by atoms with van der Waals surface area (Å²) in [7, 11) is -3.89. The third kappa shape index (κ3) is 2.97. The second-order valence-electron chi connectivity index (χ2n) is 5.46. The average Bonchev–Trinajstić information content (AvgIpc) is 2.84. The molecule has 122 valence electrons. The summed E-state index contributed by atoms with van der Waals surface area (Å²) >= 11 is -2.05. The van der Waals surface area contributed by atoms with Gasteiger partial charge in [-0.2, -0.15) is 0 Å². The van der Waals surface area contributed by atoms with Crippen molar-refractivity contribution in [3.63, 3.8) is 0 Å². The van der Waals surface area contributed by atoms with Crippen molar-refractivity contribution in [3.05, 3.63) is 65.7 Å². The van der Waals surface area contributed by atoms with Crippen LogP contribution >= 0.6 is 0 Å². The molecule has 2 aromatic carbocycles. The molecule has 1 aliphatic heterocycles. The lowest BCUT2D eigenvalue weighted by Gasteiger charge is -2.19. The Morgan fingerprint density at radius 3 is 2.26 bits per heavy atom. The highest BCUT2D eigenvalue weighted by atomic mass is 32.3. The third-order valence-corrected chi connectivity index (χ3v) is 7.41. The molecule has 1 heterocycles. The molecule has 2 aromatic rings. The minimum absolute atomic E-state index is 0.112. The number of hydrogen-bond acceptors (Lipinski definition) is 4. The topological polar surface area (TPSA) is 63.7 Å². The summed E-state index contributed by atoms with van der Waals surface area (Å²) < 4.78 is 44.2. The predicted octanol–water partition coefficient (Wildman–Crippen LogP) is 2.72. The zero-order chi connectivity index (χ0) is 16.6. The van der Waals surface area contributed by atoms with Gasteiger partial charge in [0.15, 0.2) is 0 Å². The van der Waals surface area contributed by atoms with Gasteiger partial charge in [-0.25, -0.2) is 12.6 Å². The van der Waals surface area contributed by atoms with Gasteiger partial charge in [-0.3, -0.25) is 4.18 Å². The van der Waals surface area contributed by atoms with E-state index < -0.39 is 33.4 Å². The van der Waals surface area contributed by atoms with Crippen LogP contribution in [0.3, 0.4) is 0 Å². The summed E-state index contributed by atoms with van der Waals surface area (Å²) in [6.07, 6.45) is -0.558. The van der Waals surface area contributed by atoms with Crippen LogP contribution in [0.25, 0.3) is 0 Å². The molecule has 0 unspecified atom stereocenters. The molecule has 1 saturated heterocycles. The first-order valence-electron chi connectivity index (χ1n) is 7.16. The predicted molar refractivity (Wildman–Crippen MR) is 88.1 cm³/mol. The Morgan fingerprint density at radius 1 is 1.04 bits per heavy atom. The van der Waals surface area contributed by atoms with Crippen molar-refractivity contribution in [1.82, 2.24) is 3.71 Å². The summed E-state index contributed by atoms with van der Waals surface area (Å²) in [4.78, 5) is 0.112. The first kappa shape index (κ1) is 16.3. The number of nitrogens with zero attached hydrogens (tertiary/aromatic N) is 1. The van der Waals surface area contributed by atoms with E-state index in [0.717, 1.165) is 14.8 Å². The second-order valence-corrected chi connectivity index (χ2v) is 8.52. The average molecular weight is 351 g/mol. The van der Waals surface area contributed by atoms with Crippen molar-refractivity contribution in [3.8, 4) is 0 Å². The van der Waals surface area contributed by atoms with E-state index in [9.17, 15) is 12.6 Å². The fourth-order valence-electron chi connectivity index (χ4n) is 2.55. The Hall–Kier alpha value is -1.54. The van der Waals surface area contributed by atoms with E-state index in [4.69, 9.17) is 4.18 Å². The van der Waals surface area contributed by atoms with E-state index in [2.05, 4.69) is 0 Å². The maximum Gasteiger partial charge on any atom is 0.256 e. The molecule has 3 atom stereocenters. The maximum atomic E-state index is 12.8. The van der Waals surface area contributed by atoms with Crippen LogP contribution in [0, 0.1) is 6.92 Å². The standard InChI is InChI=1S/C16H17NO4S2/c1-12-8-10-15(11-9-12)23(19,20)17-13(2)16(21-22(17)18)14-6-4-3-5-7-14/h3-11,13,16H,1-2H3/t13-,16-,22+/m0/s1. The molecular weight excluding hydrogens is 334 g/mol. The summed E-state index contributed by atoms with van der Waals surface area (Å²) in [5, 5.41) is 0. The minimum atomic E-state index is -3.89. The largest absolute Gasteiger partial charge is 0.267 e. The summed E-state index contributed by atoms with van der Waals surface area (Å²) in [6, 6.07) is 15.1. The highest BCUT2D eigenvalue weighted by Crippen LogP contribution is 2.37. The van der Waals surface area contributed by atoms with Crippen LogP contribution in [0.2, 0.25) is 0 Å². The highest BCUT2D eigenvalue weighted by Gasteiger charge is 2.46. The van der Waals surface area contributed by atoms with Crippen molar-refractivity contribution < 1.29 is 16.8 Å². The lowest BCUT2D eigenvalue weighted by atomic mass is 10.0. The lowest BCUT2D eigenvalue weighted by molar-refractivity contribution is 0.226. The Bertz CT molecular complexity index is 819. The molecule has 0 saturated carbocycles. The molecule has 0 radical (unpaired) electrons. The van der Waals surface area contributed by atoms with Crippen LogP contribution in [0.5, 0.6) is 0 Å². The van der Waals surface area contributed by atoms with E-state index in [1.54, 1.807) is 19.1 Å². The van der Waals surface area contributed by atoms with Crippen LogP contribution < -0.4 is 0 Å². The van der Waals surface area contributed by atoms with E-state index in [1.807, 2.05) is 37.3 Å². The molecule has 23 heavy (non-hydrogen) atoms. The SMILES string of the molecule is Cc1ccc(S(=O)(=O)N2[C@@H](C)[C@@H](c3ccccc3)O[S@]2=O)cc1. The molecule has 0 spiro atoms. The molecular formula is C16H17NO4S2. The van der Waals surface area contributed by atoms with Gasteiger partial charge < -0.3 is 0 Å². The highest BCUT2D eigenvalue weighted by molar-refractivity contribution is 7.99. The van der Waals surface area contributed by atoms with Gasteiger partial charge in [-0.05, 0) is 31.5 Å². The van der Waals surface area contributed by atoms with Crippen molar-refractivity contribution in [1.29, 1.82) is 0 Å². The van der Waals surface area contributed by atoms with E-state index >= 15 is 0 Å². The molecule has 5 nitrogen and oxygen atoms in total. The molecule has 0 amide bonds. The van der Waals surface area contributed by atoms with Gasteiger partial charge >= 0.3 is 0 Å². The van der Waals surface area contributed by atoms with Crippen LogP contribution in [-0.4, -0.2) is 22.4 Å². The van der Waals surface area contributed by atoms with E-state index in [0.29, 0.717) is 0 Å². The van der Waals surface area contributed by atoms with E-state index in [-0.39, 0.29) is 4.90 Å². The number of rotatable bonds is 3. The van der Waals surface area contributed by atoms with Gasteiger partial charge in [0.05, 0.1) is 10.9 Å². The van der Waals surface area contributed by atoms with Gasteiger partial charge in [0.2, 0.25) is 0 Å². The maximum absolute atomic E-state index is 12.8. The molecule has 1 fully saturated rings. The van der Waals surface area contributed by atoms with Crippen LogP contribution in [0.4, 0.5) is 0 Å². The van der Waals surface area contributed by atoms with Gasteiger partial charge in [-0.1, -0.05) is 51.7 Å². The second kappa shape index (κ2) is 6.16. The number of hydrogen-bond donors (Lipinski definition) is 0. The Labute approximate surface area is 138 Å². The lowest BCUT2D eigenvalue weighted by Crippen LogP contribution is -2.35. The van der Waals surface area contributed by atoms with Gasteiger partial charge in [0, 0.05) is 0 Å². The molecule has 0 aliphatic carbocycles. The zero-order valence-electron chi connectivity index (χ0n) is 12.7.